The monoisotopic (exact) mass is 289 g/mol. The highest BCUT2D eigenvalue weighted by Crippen LogP contribution is 2.38. The SMILES string of the molecule is Cc1ccc(-c2n[nH]c3c(O)[nH]c(-c4ccccc4)c23)cc1. The Morgan fingerprint density at radius 2 is 1.64 bits per heavy atom. The quantitative estimate of drug-likeness (QED) is 0.517. The lowest BCUT2D eigenvalue weighted by Crippen LogP contribution is -1.83. The van der Waals surface area contributed by atoms with Crippen molar-refractivity contribution in [2.45, 2.75) is 6.92 Å². The Hall–Kier alpha value is -3.01. The molecule has 0 aliphatic rings. The van der Waals surface area contributed by atoms with E-state index >= 15 is 0 Å². The fourth-order valence-corrected chi connectivity index (χ4v) is 2.74. The van der Waals surface area contributed by atoms with Crippen molar-refractivity contribution in [3.8, 4) is 28.4 Å². The van der Waals surface area contributed by atoms with Crippen molar-refractivity contribution in [1.29, 1.82) is 0 Å². The zero-order valence-corrected chi connectivity index (χ0v) is 12.1. The van der Waals surface area contributed by atoms with E-state index in [1.807, 2.05) is 42.5 Å². The summed E-state index contributed by atoms with van der Waals surface area (Å²) in [7, 11) is 0. The lowest BCUT2D eigenvalue weighted by Gasteiger charge is -2.02. The van der Waals surface area contributed by atoms with Gasteiger partial charge >= 0.3 is 0 Å². The molecule has 0 aliphatic heterocycles. The topological polar surface area (TPSA) is 64.7 Å². The maximum absolute atomic E-state index is 10.1. The molecular weight excluding hydrogens is 274 g/mol. The average molecular weight is 289 g/mol. The van der Waals surface area contributed by atoms with Crippen molar-refractivity contribution >= 4 is 10.9 Å². The minimum Gasteiger partial charge on any atom is -0.493 e. The van der Waals surface area contributed by atoms with Crippen LogP contribution in [0.5, 0.6) is 5.88 Å². The van der Waals surface area contributed by atoms with Crippen LogP contribution >= 0.6 is 0 Å². The van der Waals surface area contributed by atoms with Gasteiger partial charge < -0.3 is 10.1 Å². The maximum Gasteiger partial charge on any atom is 0.215 e. The Balaban J connectivity index is 1.99. The second-order valence-electron chi connectivity index (χ2n) is 5.40. The van der Waals surface area contributed by atoms with E-state index < -0.39 is 0 Å². The van der Waals surface area contributed by atoms with Gasteiger partial charge in [-0.15, -0.1) is 0 Å². The van der Waals surface area contributed by atoms with E-state index in [2.05, 4.69) is 34.2 Å². The van der Waals surface area contributed by atoms with Crippen LogP contribution in [0.3, 0.4) is 0 Å². The fourth-order valence-electron chi connectivity index (χ4n) is 2.74. The van der Waals surface area contributed by atoms with Gasteiger partial charge in [0.2, 0.25) is 5.88 Å². The first-order valence-corrected chi connectivity index (χ1v) is 7.15. The number of nitrogens with one attached hydrogen (secondary N) is 2. The summed E-state index contributed by atoms with van der Waals surface area (Å²) < 4.78 is 0. The van der Waals surface area contributed by atoms with E-state index in [1.165, 1.54) is 5.56 Å². The van der Waals surface area contributed by atoms with Crippen molar-refractivity contribution in [1.82, 2.24) is 15.2 Å². The number of H-pyrrole nitrogens is 2. The number of aryl methyl sites for hydroxylation is 1. The van der Waals surface area contributed by atoms with Crippen LogP contribution in [0.2, 0.25) is 0 Å². The van der Waals surface area contributed by atoms with Gasteiger partial charge in [-0.2, -0.15) is 5.10 Å². The molecule has 22 heavy (non-hydrogen) atoms. The standard InChI is InChI=1S/C18H15N3O/c1-11-7-9-13(10-8-11)16-14-15(12-5-3-2-4-6-12)19-18(22)17(14)21-20-16/h2-10,19,21-22H,1H3. The van der Waals surface area contributed by atoms with Crippen LogP contribution in [0.1, 0.15) is 5.56 Å². The molecule has 4 heteroatoms. The maximum atomic E-state index is 10.1. The molecule has 3 N–H and O–H groups in total. The van der Waals surface area contributed by atoms with Gasteiger partial charge in [-0.3, -0.25) is 5.10 Å². The third kappa shape index (κ3) is 1.89. The van der Waals surface area contributed by atoms with Crippen LogP contribution in [-0.4, -0.2) is 20.3 Å². The first-order chi connectivity index (χ1) is 10.7. The largest absolute Gasteiger partial charge is 0.493 e. The number of benzene rings is 2. The van der Waals surface area contributed by atoms with E-state index in [0.29, 0.717) is 5.52 Å². The summed E-state index contributed by atoms with van der Waals surface area (Å²) in [6.45, 7) is 2.06. The molecule has 2 aromatic carbocycles. The second kappa shape index (κ2) is 4.77. The van der Waals surface area contributed by atoms with Gasteiger partial charge in [-0.1, -0.05) is 60.2 Å². The summed E-state index contributed by atoms with van der Waals surface area (Å²) >= 11 is 0. The molecule has 4 nitrogen and oxygen atoms in total. The van der Waals surface area contributed by atoms with Crippen LogP contribution in [0.15, 0.2) is 54.6 Å². The van der Waals surface area contributed by atoms with E-state index in [0.717, 1.165) is 27.9 Å². The number of nitrogens with zero attached hydrogens (tertiary/aromatic N) is 1. The molecule has 0 radical (unpaired) electrons. The van der Waals surface area contributed by atoms with E-state index in [-0.39, 0.29) is 5.88 Å². The van der Waals surface area contributed by atoms with Crippen LogP contribution in [0.4, 0.5) is 0 Å². The van der Waals surface area contributed by atoms with Gasteiger partial charge in [0.15, 0.2) is 0 Å². The predicted molar refractivity (Wildman–Crippen MR) is 87.7 cm³/mol. The van der Waals surface area contributed by atoms with Crippen molar-refractivity contribution in [3.05, 3.63) is 60.2 Å². The smallest absolute Gasteiger partial charge is 0.215 e. The van der Waals surface area contributed by atoms with Crippen LogP contribution < -0.4 is 0 Å². The molecule has 0 amide bonds. The van der Waals surface area contributed by atoms with Crippen molar-refractivity contribution < 1.29 is 5.11 Å². The highest BCUT2D eigenvalue weighted by molar-refractivity contribution is 6.05. The molecule has 4 rings (SSSR count). The zero-order valence-electron chi connectivity index (χ0n) is 12.1. The number of rotatable bonds is 2. The third-order valence-corrected chi connectivity index (χ3v) is 3.88. The minimum atomic E-state index is 0.111. The fraction of sp³-hybridized carbons (Fsp3) is 0.0556. The Bertz CT molecular complexity index is 934. The van der Waals surface area contributed by atoms with Gasteiger partial charge in [-0.25, -0.2) is 0 Å². The van der Waals surface area contributed by atoms with Gasteiger partial charge in [-0.05, 0) is 12.5 Å². The Kier molecular flexibility index (Phi) is 2.76. The molecule has 2 heterocycles. The summed E-state index contributed by atoms with van der Waals surface area (Å²) in [5.74, 6) is 0.111. The molecule has 0 aliphatic carbocycles. The third-order valence-electron chi connectivity index (χ3n) is 3.88. The summed E-state index contributed by atoms with van der Waals surface area (Å²) in [5, 5.41) is 18.4. The molecule has 0 saturated carbocycles. The molecule has 0 spiro atoms. The number of hydrogen-bond acceptors (Lipinski definition) is 2. The first-order valence-electron chi connectivity index (χ1n) is 7.15. The number of fused-ring (bicyclic) bond motifs is 1. The molecular formula is C18H15N3O. The highest BCUT2D eigenvalue weighted by atomic mass is 16.3. The molecule has 108 valence electrons. The highest BCUT2D eigenvalue weighted by Gasteiger charge is 2.19. The predicted octanol–water partition coefficient (Wildman–Crippen LogP) is 4.24. The molecule has 4 aromatic rings. The number of hydrogen-bond donors (Lipinski definition) is 3. The van der Waals surface area contributed by atoms with Gasteiger partial charge in [0.25, 0.3) is 0 Å². The summed E-state index contributed by atoms with van der Waals surface area (Å²) in [6.07, 6.45) is 0. The van der Waals surface area contributed by atoms with Crippen LogP contribution in [0.25, 0.3) is 33.4 Å². The van der Waals surface area contributed by atoms with Crippen LogP contribution in [-0.2, 0) is 0 Å². The number of aromatic hydroxyl groups is 1. The van der Waals surface area contributed by atoms with Crippen LogP contribution in [0, 0.1) is 6.92 Å². The Morgan fingerprint density at radius 1 is 0.909 bits per heavy atom. The summed E-state index contributed by atoms with van der Waals surface area (Å²) in [4.78, 5) is 3.05. The van der Waals surface area contributed by atoms with E-state index in [1.54, 1.807) is 0 Å². The summed E-state index contributed by atoms with van der Waals surface area (Å²) in [6, 6.07) is 18.2. The van der Waals surface area contributed by atoms with Crippen molar-refractivity contribution in [2.75, 3.05) is 0 Å². The second-order valence-corrected chi connectivity index (χ2v) is 5.40. The lowest BCUT2D eigenvalue weighted by molar-refractivity contribution is 0.461. The summed E-state index contributed by atoms with van der Waals surface area (Å²) in [5.41, 5.74) is 5.59. The first kappa shape index (κ1) is 12.7. The molecule has 0 fully saturated rings. The van der Waals surface area contributed by atoms with Gasteiger partial charge in [0.1, 0.15) is 11.2 Å². The Labute approximate surface area is 127 Å². The number of aromatic nitrogens is 3. The number of aromatic amines is 2. The molecule has 0 saturated heterocycles. The van der Waals surface area contributed by atoms with Crippen molar-refractivity contribution in [2.24, 2.45) is 0 Å². The molecule has 0 bridgehead atoms. The molecule has 2 aromatic heterocycles. The van der Waals surface area contributed by atoms with Crippen molar-refractivity contribution in [3.63, 3.8) is 0 Å². The van der Waals surface area contributed by atoms with E-state index in [4.69, 9.17) is 0 Å². The van der Waals surface area contributed by atoms with Gasteiger partial charge in [0.05, 0.1) is 11.1 Å². The minimum absolute atomic E-state index is 0.111. The van der Waals surface area contributed by atoms with E-state index in [9.17, 15) is 5.11 Å². The average Bonchev–Trinajstić information content (AvgIpc) is 3.11. The molecule has 0 unspecified atom stereocenters. The Morgan fingerprint density at radius 3 is 2.36 bits per heavy atom. The lowest BCUT2D eigenvalue weighted by atomic mass is 10.0. The zero-order chi connectivity index (χ0) is 15.1. The normalized spacial score (nSPS) is 11.1. The molecule has 0 atom stereocenters. The van der Waals surface area contributed by atoms with Gasteiger partial charge in [0, 0.05) is 5.56 Å².